The van der Waals surface area contributed by atoms with Crippen molar-refractivity contribution in [2.45, 2.75) is 64.5 Å². The highest BCUT2D eigenvalue weighted by molar-refractivity contribution is 5.66. The monoisotopic (exact) mass is 243 g/mol. The molecule has 1 amide bonds. The van der Waals surface area contributed by atoms with Gasteiger partial charge in [0.05, 0.1) is 5.60 Å². The van der Waals surface area contributed by atoms with Crippen molar-refractivity contribution in [2.24, 2.45) is 5.92 Å². The van der Waals surface area contributed by atoms with Gasteiger partial charge in [0, 0.05) is 12.1 Å². The molecule has 0 bridgehead atoms. The first-order chi connectivity index (χ1) is 7.62. The molecular weight excluding hydrogens is 218 g/mol. The Balaban J connectivity index is 2.56. The third-order valence-electron chi connectivity index (χ3n) is 3.66. The van der Waals surface area contributed by atoms with Gasteiger partial charge in [-0.3, -0.25) is 0 Å². The van der Waals surface area contributed by atoms with Gasteiger partial charge in [-0.15, -0.1) is 0 Å². The Kier molecular flexibility index (Phi) is 4.07. The average molecular weight is 243 g/mol. The van der Waals surface area contributed by atoms with Gasteiger partial charge in [0.1, 0.15) is 0 Å². The predicted molar refractivity (Wildman–Crippen MR) is 67.1 cm³/mol. The van der Waals surface area contributed by atoms with Crippen LogP contribution in [0.2, 0.25) is 0 Å². The fourth-order valence-electron chi connectivity index (χ4n) is 2.38. The summed E-state index contributed by atoms with van der Waals surface area (Å²) in [7, 11) is 0. The predicted octanol–water partition coefficient (Wildman–Crippen LogP) is 2.71. The van der Waals surface area contributed by atoms with Crippen molar-refractivity contribution < 1.29 is 15.0 Å². The minimum atomic E-state index is -0.852. The van der Waals surface area contributed by atoms with Crippen LogP contribution in [0.5, 0.6) is 0 Å². The molecule has 0 aromatic rings. The highest BCUT2D eigenvalue weighted by atomic mass is 16.4. The Labute approximate surface area is 104 Å². The van der Waals surface area contributed by atoms with E-state index in [1.165, 1.54) is 4.90 Å². The zero-order valence-corrected chi connectivity index (χ0v) is 11.4. The Morgan fingerprint density at radius 2 is 1.82 bits per heavy atom. The lowest BCUT2D eigenvalue weighted by Crippen LogP contribution is -2.48. The Hall–Kier alpha value is -0.770. The summed E-state index contributed by atoms with van der Waals surface area (Å²) in [6.07, 6.45) is 2.51. The number of amides is 1. The van der Waals surface area contributed by atoms with E-state index < -0.39 is 11.7 Å². The first-order valence-corrected chi connectivity index (χ1v) is 6.35. The summed E-state index contributed by atoms with van der Waals surface area (Å²) < 4.78 is 0. The first-order valence-electron chi connectivity index (χ1n) is 6.35. The number of carbonyl (C=O) groups is 1. The lowest BCUT2D eigenvalue weighted by molar-refractivity contribution is -0.00103. The highest BCUT2D eigenvalue weighted by Crippen LogP contribution is 2.33. The minimum Gasteiger partial charge on any atom is -0.465 e. The standard InChI is InChI=1S/C13H25NO3/c1-12(2,3)14(11(15)16)9-10-5-7-13(4,17)8-6-10/h10,17H,5-9H2,1-4H3,(H,15,16). The van der Waals surface area contributed by atoms with Gasteiger partial charge in [0.2, 0.25) is 0 Å². The molecule has 4 heteroatoms. The molecule has 0 radical (unpaired) electrons. The molecule has 0 saturated heterocycles. The molecule has 0 spiro atoms. The largest absolute Gasteiger partial charge is 0.465 e. The van der Waals surface area contributed by atoms with E-state index in [0.29, 0.717) is 12.5 Å². The van der Waals surface area contributed by atoms with E-state index in [-0.39, 0.29) is 5.54 Å². The van der Waals surface area contributed by atoms with Crippen LogP contribution in [0.3, 0.4) is 0 Å². The van der Waals surface area contributed by atoms with Crippen molar-refractivity contribution in [1.29, 1.82) is 0 Å². The number of hydrogen-bond acceptors (Lipinski definition) is 2. The highest BCUT2D eigenvalue weighted by Gasteiger charge is 2.33. The van der Waals surface area contributed by atoms with Crippen LogP contribution in [-0.4, -0.2) is 38.9 Å². The van der Waals surface area contributed by atoms with E-state index in [0.717, 1.165) is 25.7 Å². The molecule has 17 heavy (non-hydrogen) atoms. The summed E-state index contributed by atoms with van der Waals surface area (Å²) in [5.41, 5.74) is -0.905. The number of nitrogens with zero attached hydrogens (tertiary/aromatic N) is 1. The van der Waals surface area contributed by atoms with Crippen LogP contribution in [0.25, 0.3) is 0 Å². The molecule has 0 atom stereocenters. The van der Waals surface area contributed by atoms with Crippen LogP contribution in [0, 0.1) is 5.92 Å². The van der Waals surface area contributed by atoms with E-state index in [2.05, 4.69) is 0 Å². The van der Waals surface area contributed by atoms with Crippen LogP contribution in [0.1, 0.15) is 53.4 Å². The van der Waals surface area contributed by atoms with E-state index in [9.17, 15) is 15.0 Å². The smallest absolute Gasteiger partial charge is 0.407 e. The zero-order valence-electron chi connectivity index (χ0n) is 11.4. The maximum atomic E-state index is 11.2. The lowest BCUT2D eigenvalue weighted by Gasteiger charge is -2.39. The molecular formula is C13H25NO3. The molecule has 0 aromatic heterocycles. The van der Waals surface area contributed by atoms with Crippen molar-refractivity contribution >= 4 is 6.09 Å². The van der Waals surface area contributed by atoms with Gasteiger partial charge in [-0.25, -0.2) is 4.79 Å². The average Bonchev–Trinajstić information content (AvgIpc) is 2.13. The summed E-state index contributed by atoms with van der Waals surface area (Å²) in [6.45, 7) is 8.19. The van der Waals surface area contributed by atoms with E-state index in [1.807, 2.05) is 27.7 Å². The van der Waals surface area contributed by atoms with Gasteiger partial charge >= 0.3 is 6.09 Å². The SMILES string of the molecule is CC1(O)CCC(CN(C(=O)O)C(C)(C)C)CC1. The number of hydrogen-bond donors (Lipinski definition) is 2. The molecule has 1 saturated carbocycles. The van der Waals surface area contributed by atoms with Crippen molar-refractivity contribution in [3.63, 3.8) is 0 Å². The van der Waals surface area contributed by atoms with Crippen molar-refractivity contribution in [2.75, 3.05) is 6.54 Å². The van der Waals surface area contributed by atoms with E-state index >= 15 is 0 Å². The molecule has 1 aliphatic rings. The quantitative estimate of drug-likeness (QED) is 0.784. The lowest BCUT2D eigenvalue weighted by atomic mass is 9.79. The van der Waals surface area contributed by atoms with Crippen molar-refractivity contribution in [1.82, 2.24) is 4.90 Å². The fraction of sp³-hybridized carbons (Fsp3) is 0.923. The van der Waals surface area contributed by atoms with Gasteiger partial charge in [0.15, 0.2) is 0 Å². The van der Waals surface area contributed by atoms with Crippen LogP contribution < -0.4 is 0 Å². The molecule has 0 aromatic carbocycles. The first kappa shape index (κ1) is 14.3. The summed E-state index contributed by atoms with van der Waals surface area (Å²) in [5, 5.41) is 19.1. The molecule has 4 nitrogen and oxygen atoms in total. The van der Waals surface area contributed by atoms with Crippen LogP contribution in [0.15, 0.2) is 0 Å². The normalized spacial score (nSPS) is 30.1. The summed E-state index contributed by atoms with van der Waals surface area (Å²) in [4.78, 5) is 12.7. The fourth-order valence-corrected chi connectivity index (χ4v) is 2.38. The molecule has 1 fully saturated rings. The third-order valence-corrected chi connectivity index (χ3v) is 3.66. The zero-order chi connectivity index (χ0) is 13.3. The van der Waals surface area contributed by atoms with E-state index in [4.69, 9.17) is 0 Å². The van der Waals surface area contributed by atoms with Crippen LogP contribution in [-0.2, 0) is 0 Å². The second-order valence-electron chi connectivity index (χ2n) is 6.50. The summed E-state index contributed by atoms with van der Waals surface area (Å²) in [5.74, 6) is 0.380. The van der Waals surface area contributed by atoms with Gasteiger partial charge in [-0.1, -0.05) is 0 Å². The molecule has 0 aliphatic heterocycles. The molecule has 100 valence electrons. The number of rotatable bonds is 2. The Morgan fingerprint density at radius 3 is 2.18 bits per heavy atom. The Morgan fingerprint density at radius 1 is 1.35 bits per heavy atom. The molecule has 1 aliphatic carbocycles. The van der Waals surface area contributed by atoms with Crippen LogP contribution in [0.4, 0.5) is 4.79 Å². The maximum absolute atomic E-state index is 11.2. The van der Waals surface area contributed by atoms with Gasteiger partial charge < -0.3 is 15.1 Å². The Bertz CT molecular complexity index is 271. The van der Waals surface area contributed by atoms with Crippen LogP contribution >= 0.6 is 0 Å². The van der Waals surface area contributed by atoms with Gasteiger partial charge in [-0.05, 0) is 59.3 Å². The number of carboxylic acid groups (broad SMARTS) is 1. The third kappa shape index (κ3) is 4.19. The molecule has 2 N–H and O–H groups in total. The summed E-state index contributed by atoms with van der Waals surface area (Å²) >= 11 is 0. The van der Waals surface area contributed by atoms with Gasteiger partial charge in [-0.2, -0.15) is 0 Å². The number of aliphatic hydroxyl groups is 1. The second kappa shape index (κ2) is 4.84. The topological polar surface area (TPSA) is 60.8 Å². The minimum absolute atomic E-state index is 0.355. The molecule has 0 heterocycles. The van der Waals surface area contributed by atoms with Crippen molar-refractivity contribution in [3.8, 4) is 0 Å². The van der Waals surface area contributed by atoms with Crippen molar-refractivity contribution in [3.05, 3.63) is 0 Å². The second-order valence-corrected chi connectivity index (χ2v) is 6.50. The summed E-state index contributed by atoms with van der Waals surface area (Å²) in [6, 6.07) is 0. The molecule has 0 unspecified atom stereocenters. The maximum Gasteiger partial charge on any atom is 0.407 e. The van der Waals surface area contributed by atoms with E-state index in [1.54, 1.807) is 0 Å². The molecule has 1 rings (SSSR count). The van der Waals surface area contributed by atoms with Gasteiger partial charge in [0.25, 0.3) is 0 Å².